The van der Waals surface area contributed by atoms with E-state index in [9.17, 15) is 100 Å². The van der Waals surface area contributed by atoms with Crippen molar-refractivity contribution in [3.05, 3.63) is 0 Å². The molecule has 3 aliphatic rings. The first kappa shape index (κ1) is 76.3. The number of phosphoric ester groups is 2. The highest BCUT2D eigenvalue weighted by atomic mass is 31.2. The summed E-state index contributed by atoms with van der Waals surface area (Å²) in [7, 11) is -11.2. The maximum Gasteiger partial charge on any atom is 0.472 e. The van der Waals surface area contributed by atoms with Gasteiger partial charge in [0.2, 0.25) is 5.91 Å². The molecule has 2 saturated carbocycles. The van der Waals surface area contributed by atoms with Crippen LogP contribution in [0.3, 0.4) is 0 Å². The van der Waals surface area contributed by atoms with Crippen molar-refractivity contribution in [2.24, 2.45) is 0 Å². The average molecular weight is 1250 g/mol. The number of phosphoric acid groups is 2. The zero-order valence-corrected chi connectivity index (χ0v) is 50.3. The minimum Gasteiger partial charge on any atom is -0.390 e. The molecule has 3 rings (SSSR count). The molecule has 2 aliphatic carbocycles. The largest absolute Gasteiger partial charge is 0.472 e. The van der Waals surface area contributed by atoms with Gasteiger partial charge >= 0.3 is 15.6 Å². The Morgan fingerprint density at radius 3 is 1.24 bits per heavy atom. The number of hydrogen-bond donors (Lipinski definition) is 18. The van der Waals surface area contributed by atoms with Gasteiger partial charge in [-0.05, 0) is 12.8 Å². The normalized spacial score (nSPS) is 33.5. The maximum absolute atomic E-state index is 13.8. The van der Waals surface area contributed by atoms with Gasteiger partial charge in [-0.3, -0.25) is 22.9 Å². The van der Waals surface area contributed by atoms with Gasteiger partial charge in [0.1, 0.15) is 110 Å². The Labute approximate surface area is 488 Å². The molecule has 0 radical (unpaired) electrons. The lowest BCUT2D eigenvalue weighted by Gasteiger charge is -2.47. The summed E-state index contributed by atoms with van der Waals surface area (Å²) in [5, 5.41) is 162. The van der Waals surface area contributed by atoms with Crippen molar-refractivity contribution in [1.82, 2.24) is 5.32 Å². The fraction of sp³-hybridized carbons (Fsp3) is 0.981. The second-order valence-electron chi connectivity index (χ2n) is 23.0. The number of aliphatic hydroxyl groups excluding tert-OH is 15. The molecule has 1 aliphatic heterocycles. The van der Waals surface area contributed by atoms with Crippen LogP contribution in [0.1, 0.15) is 194 Å². The van der Waals surface area contributed by atoms with E-state index in [1.54, 1.807) is 0 Å². The summed E-state index contributed by atoms with van der Waals surface area (Å²) >= 11 is 0. The van der Waals surface area contributed by atoms with Crippen molar-refractivity contribution in [3.63, 3.8) is 0 Å². The first-order valence-electron chi connectivity index (χ1n) is 30.4. The van der Waals surface area contributed by atoms with E-state index >= 15 is 0 Å². The Morgan fingerprint density at radius 2 is 0.795 bits per heavy atom. The summed E-state index contributed by atoms with van der Waals surface area (Å²) in [5.74, 6) is -0.992. The maximum atomic E-state index is 13.8. The monoisotopic (exact) mass is 1250 g/mol. The Bertz CT molecular complexity index is 1820. The molecule has 1 heterocycles. The van der Waals surface area contributed by atoms with Crippen LogP contribution < -0.4 is 5.32 Å². The van der Waals surface area contributed by atoms with E-state index in [-0.39, 0.29) is 12.8 Å². The fourth-order valence-electron chi connectivity index (χ4n) is 10.6. The molecule has 1 amide bonds. The molecule has 27 nitrogen and oxygen atoms in total. The van der Waals surface area contributed by atoms with Crippen LogP contribution in [-0.4, -0.2) is 234 Å². The molecule has 0 aromatic rings. The number of carbonyl (C=O) groups excluding carboxylic acids is 1. The minimum absolute atomic E-state index is 0.0356. The highest BCUT2D eigenvalue weighted by molar-refractivity contribution is 7.47. The SMILES string of the molecule is CCCCCCCCCCCCCCCC[C@@H](O)[C@@H](O)[C@H](COP(=O)(O)O[C@H]1C(O)C(O)C(O)[C@@H](O)C1O[C@H]1O[C@H](COP(=O)(O)OC2C(O)C(O)C(O)[C@@H](O)C2O)[C@@H](O)C(O)C1O)NC(=O)C(O)CCCCCCCCCCCCCC. The van der Waals surface area contributed by atoms with Gasteiger partial charge in [-0.2, -0.15) is 0 Å². The van der Waals surface area contributed by atoms with Gasteiger partial charge in [-0.25, -0.2) is 9.13 Å². The molecule has 14 unspecified atom stereocenters. The third kappa shape index (κ3) is 26.2. The minimum atomic E-state index is -5.68. The third-order valence-electron chi connectivity index (χ3n) is 16.0. The number of ether oxygens (including phenoxy) is 2. The number of aliphatic hydroxyl groups is 15. The standard InChI is InChI=1S/C54H105NO26P2/c1-3-5-7-9-11-13-15-17-18-20-21-23-25-27-29-34(56)37(58)33(55-53(71)35(57)30-28-26-24-22-19-16-14-12-10-8-6-4-2)31-76-82(72,73)81-52-48(69)44(65)43(64)47(68)51(52)79-54-49(70)39(60)38(59)36(78-54)32-77-83(74,75)80-50-45(66)41(62)40(61)42(63)46(50)67/h33-52,54,56-70H,3-32H2,1-2H3,(H,55,71)(H,72,73)(H,74,75)/t33-,34+,35?,36+,37-,38+,39?,40?,41+,42?,43?,44?,45?,46?,47+,48?,49?,50?,51?,52-,54+/m0/s1. The van der Waals surface area contributed by atoms with Gasteiger partial charge < -0.3 is 101 Å². The van der Waals surface area contributed by atoms with Crippen LogP contribution in [0.15, 0.2) is 0 Å². The summed E-state index contributed by atoms with van der Waals surface area (Å²) in [4.78, 5) is 34.9. The number of hydrogen-bond acceptors (Lipinski definition) is 24. The van der Waals surface area contributed by atoms with Crippen LogP contribution in [0.2, 0.25) is 0 Å². The van der Waals surface area contributed by atoms with Crippen LogP contribution in [0.25, 0.3) is 0 Å². The number of nitrogens with one attached hydrogen (secondary N) is 1. The van der Waals surface area contributed by atoms with E-state index in [0.29, 0.717) is 19.3 Å². The van der Waals surface area contributed by atoms with Gasteiger partial charge in [-0.1, -0.05) is 181 Å². The molecule has 0 aromatic heterocycles. The fourth-order valence-corrected chi connectivity index (χ4v) is 12.5. The van der Waals surface area contributed by atoms with E-state index in [1.807, 2.05) is 0 Å². The molecule has 3 fully saturated rings. The smallest absolute Gasteiger partial charge is 0.390 e. The molecule has 0 bridgehead atoms. The van der Waals surface area contributed by atoms with Crippen molar-refractivity contribution in [1.29, 1.82) is 0 Å². The Morgan fingerprint density at radius 1 is 0.446 bits per heavy atom. The van der Waals surface area contributed by atoms with Crippen molar-refractivity contribution in [3.8, 4) is 0 Å². The van der Waals surface area contributed by atoms with Crippen molar-refractivity contribution in [2.75, 3.05) is 13.2 Å². The molecular weight excluding hydrogens is 1140 g/mol. The summed E-state index contributed by atoms with van der Waals surface area (Å²) < 4.78 is 57.6. The first-order valence-corrected chi connectivity index (χ1v) is 33.4. The molecule has 492 valence electrons. The highest BCUT2D eigenvalue weighted by Crippen LogP contribution is 2.49. The number of carbonyl (C=O) groups is 1. The molecular formula is C54H105NO26P2. The summed E-state index contributed by atoms with van der Waals surface area (Å²) in [6.07, 6.45) is -15.8. The second kappa shape index (κ2) is 39.9. The average Bonchev–Trinajstić information content (AvgIpc) is 2.59. The molecule has 23 atom stereocenters. The van der Waals surface area contributed by atoms with Gasteiger partial charge in [0, 0.05) is 0 Å². The molecule has 1 saturated heterocycles. The molecule has 29 heteroatoms. The van der Waals surface area contributed by atoms with E-state index in [0.717, 1.165) is 57.8 Å². The van der Waals surface area contributed by atoms with Crippen molar-refractivity contribution < 1.29 is 128 Å². The van der Waals surface area contributed by atoms with Gasteiger partial charge in [0.05, 0.1) is 25.4 Å². The van der Waals surface area contributed by atoms with Gasteiger partial charge in [0.15, 0.2) is 6.29 Å². The highest BCUT2D eigenvalue weighted by Gasteiger charge is 2.56. The second-order valence-corrected chi connectivity index (χ2v) is 25.8. The Hall–Kier alpha value is -0.990. The third-order valence-corrected chi connectivity index (χ3v) is 18.0. The zero-order valence-electron chi connectivity index (χ0n) is 48.5. The predicted octanol–water partition coefficient (Wildman–Crippen LogP) is 0.989. The van der Waals surface area contributed by atoms with Crippen molar-refractivity contribution in [2.45, 2.75) is 322 Å². The van der Waals surface area contributed by atoms with E-state index in [1.165, 1.54) is 89.9 Å². The van der Waals surface area contributed by atoms with Crippen molar-refractivity contribution >= 4 is 21.6 Å². The van der Waals surface area contributed by atoms with Gasteiger partial charge in [0.25, 0.3) is 0 Å². The lowest BCUT2D eigenvalue weighted by Crippen LogP contribution is -2.67. The number of unbranched alkanes of at least 4 members (excludes halogenated alkanes) is 24. The summed E-state index contributed by atoms with van der Waals surface area (Å²) in [5.41, 5.74) is 0. The molecule has 0 aromatic carbocycles. The van der Waals surface area contributed by atoms with Crippen LogP contribution in [0.4, 0.5) is 0 Å². The van der Waals surface area contributed by atoms with E-state index in [2.05, 4.69) is 19.2 Å². The molecule has 18 N–H and O–H groups in total. The van der Waals surface area contributed by atoms with Crippen LogP contribution in [0, 0.1) is 0 Å². The van der Waals surface area contributed by atoms with E-state index in [4.69, 9.17) is 27.6 Å². The van der Waals surface area contributed by atoms with Crippen LogP contribution in [0.5, 0.6) is 0 Å². The first-order chi connectivity index (χ1) is 39.3. The Kier molecular flexibility index (Phi) is 36.7. The zero-order chi connectivity index (χ0) is 61.9. The predicted molar refractivity (Wildman–Crippen MR) is 297 cm³/mol. The van der Waals surface area contributed by atoms with E-state index < -0.39 is 163 Å². The van der Waals surface area contributed by atoms with Crippen LogP contribution >= 0.6 is 15.6 Å². The lowest BCUT2D eigenvalue weighted by molar-refractivity contribution is -0.337. The topological polar surface area (TPSA) is 463 Å². The van der Waals surface area contributed by atoms with Gasteiger partial charge in [-0.15, -0.1) is 0 Å². The summed E-state index contributed by atoms with van der Waals surface area (Å²) in [6.45, 7) is 2.01. The number of rotatable bonds is 44. The van der Waals surface area contributed by atoms with Crippen LogP contribution in [-0.2, 0) is 41.5 Å². The molecule has 83 heavy (non-hydrogen) atoms. The quantitative estimate of drug-likeness (QED) is 0.0299. The lowest BCUT2D eigenvalue weighted by atomic mass is 9.84. The Balaban J connectivity index is 1.68. The molecule has 0 spiro atoms. The number of amides is 1. The summed E-state index contributed by atoms with van der Waals surface area (Å²) in [6, 6.07) is -1.69.